The molecular weight excluding hydrogens is 294 g/mol. The van der Waals surface area contributed by atoms with Gasteiger partial charge < -0.3 is 14.4 Å². The number of amides is 1. The van der Waals surface area contributed by atoms with E-state index in [1.165, 1.54) is 0 Å². The summed E-state index contributed by atoms with van der Waals surface area (Å²) in [7, 11) is 0. The lowest BCUT2D eigenvalue weighted by molar-refractivity contribution is 0.0165. The lowest BCUT2D eigenvalue weighted by Crippen LogP contribution is -2.42. The Bertz CT molecular complexity index is 542. The molecule has 23 heavy (non-hydrogen) atoms. The number of likely N-dealkylation sites (tertiary alicyclic amines) is 1. The fraction of sp³-hybridized carbons (Fsp3) is 0.556. The third-order valence-corrected chi connectivity index (χ3v) is 3.75. The maximum absolute atomic E-state index is 12.0. The molecule has 5 nitrogen and oxygen atoms in total. The summed E-state index contributed by atoms with van der Waals surface area (Å²) in [5.74, 6) is 1.12. The van der Waals surface area contributed by atoms with Gasteiger partial charge in [0.25, 0.3) is 0 Å². The molecule has 1 aliphatic heterocycles. The minimum Gasteiger partial charge on any atom is -0.493 e. The van der Waals surface area contributed by atoms with Gasteiger partial charge in [-0.3, -0.25) is 4.79 Å². The predicted molar refractivity (Wildman–Crippen MR) is 87.9 cm³/mol. The second-order valence-electron chi connectivity index (χ2n) is 6.91. The van der Waals surface area contributed by atoms with Gasteiger partial charge in [-0.2, -0.15) is 0 Å². The predicted octanol–water partition coefficient (Wildman–Crippen LogP) is 3.53. The van der Waals surface area contributed by atoms with Crippen molar-refractivity contribution in [2.45, 2.75) is 39.2 Å². The smallest absolute Gasteiger partial charge is 0.410 e. The molecule has 1 fully saturated rings. The number of piperidine rings is 1. The Morgan fingerprint density at radius 2 is 2.00 bits per heavy atom. The van der Waals surface area contributed by atoms with Gasteiger partial charge in [-0.15, -0.1) is 0 Å². The van der Waals surface area contributed by atoms with Crippen LogP contribution in [0.2, 0.25) is 0 Å². The molecule has 1 aromatic carbocycles. The molecule has 5 heteroatoms. The van der Waals surface area contributed by atoms with Gasteiger partial charge in [-0.05, 0) is 51.7 Å². The summed E-state index contributed by atoms with van der Waals surface area (Å²) in [5, 5.41) is 0. The molecule has 0 atom stereocenters. The fourth-order valence-corrected chi connectivity index (χ4v) is 2.50. The molecule has 1 amide bonds. The molecule has 126 valence electrons. The molecule has 1 saturated heterocycles. The number of benzene rings is 1. The fourth-order valence-electron chi connectivity index (χ4n) is 2.50. The van der Waals surface area contributed by atoms with Crippen molar-refractivity contribution >= 4 is 12.4 Å². The van der Waals surface area contributed by atoms with E-state index in [1.807, 2.05) is 32.9 Å². The Balaban J connectivity index is 1.76. The summed E-state index contributed by atoms with van der Waals surface area (Å²) < 4.78 is 11.2. The average Bonchev–Trinajstić information content (AvgIpc) is 2.52. The van der Waals surface area contributed by atoms with Gasteiger partial charge in [0, 0.05) is 18.7 Å². The van der Waals surface area contributed by atoms with Crippen LogP contribution in [0.4, 0.5) is 4.79 Å². The van der Waals surface area contributed by atoms with Crippen molar-refractivity contribution in [1.29, 1.82) is 0 Å². The molecular formula is C18H25NO4. The Hall–Kier alpha value is -2.04. The maximum atomic E-state index is 12.0. The quantitative estimate of drug-likeness (QED) is 0.797. The van der Waals surface area contributed by atoms with Crippen LogP contribution in [0.1, 0.15) is 44.0 Å². The molecule has 2 rings (SSSR count). The number of ether oxygens (including phenoxy) is 2. The highest BCUT2D eigenvalue weighted by molar-refractivity contribution is 5.75. The first-order valence-corrected chi connectivity index (χ1v) is 8.03. The van der Waals surface area contributed by atoms with E-state index >= 15 is 0 Å². The van der Waals surface area contributed by atoms with Gasteiger partial charge >= 0.3 is 6.09 Å². The van der Waals surface area contributed by atoms with E-state index in [0.29, 0.717) is 36.9 Å². The molecule has 1 aliphatic rings. The van der Waals surface area contributed by atoms with Crippen LogP contribution in [-0.4, -0.2) is 42.6 Å². The van der Waals surface area contributed by atoms with Crippen molar-refractivity contribution < 1.29 is 19.1 Å². The van der Waals surface area contributed by atoms with Crippen LogP contribution in [0, 0.1) is 5.92 Å². The van der Waals surface area contributed by atoms with E-state index in [9.17, 15) is 9.59 Å². The van der Waals surface area contributed by atoms with Crippen molar-refractivity contribution in [3.05, 3.63) is 29.8 Å². The number of rotatable bonds is 4. The van der Waals surface area contributed by atoms with Crippen LogP contribution in [-0.2, 0) is 4.74 Å². The minimum absolute atomic E-state index is 0.240. The second kappa shape index (κ2) is 7.49. The number of aldehydes is 1. The first-order chi connectivity index (χ1) is 10.9. The average molecular weight is 319 g/mol. The molecule has 1 heterocycles. The van der Waals surface area contributed by atoms with E-state index < -0.39 is 5.60 Å². The van der Waals surface area contributed by atoms with Crippen molar-refractivity contribution in [3.8, 4) is 5.75 Å². The molecule has 0 unspecified atom stereocenters. The third-order valence-electron chi connectivity index (χ3n) is 3.75. The van der Waals surface area contributed by atoms with Crippen LogP contribution in [0.3, 0.4) is 0 Å². The summed E-state index contributed by atoms with van der Waals surface area (Å²) in [6, 6.07) is 7.15. The monoisotopic (exact) mass is 319 g/mol. The molecule has 0 N–H and O–H groups in total. The topological polar surface area (TPSA) is 55.8 Å². The van der Waals surface area contributed by atoms with Crippen molar-refractivity contribution in [3.63, 3.8) is 0 Å². The van der Waals surface area contributed by atoms with E-state index in [1.54, 1.807) is 17.0 Å². The number of nitrogens with zero attached hydrogens (tertiary/aromatic N) is 1. The summed E-state index contributed by atoms with van der Waals surface area (Å²) in [5.41, 5.74) is 0.155. The number of carbonyl (C=O) groups is 2. The Labute approximate surface area is 137 Å². The SMILES string of the molecule is CC(C)(C)OC(=O)N1CCC(COc2cccc(C=O)c2)CC1. The zero-order valence-corrected chi connectivity index (χ0v) is 14.1. The summed E-state index contributed by atoms with van der Waals surface area (Å²) >= 11 is 0. The molecule has 0 bridgehead atoms. The highest BCUT2D eigenvalue weighted by atomic mass is 16.6. The normalized spacial score (nSPS) is 16.0. The Morgan fingerprint density at radius 1 is 1.30 bits per heavy atom. The summed E-state index contributed by atoms with van der Waals surface area (Å²) in [4.78, 5) is 24.5. The Kier molecular flexibility index (Phi) is 5.64. The first-order valence-electron chi connectivity index (χ1n) is 8.03. The molecule has 1 aromatic rings. The van der Waals surface area contributed by atoms with Gasteiger partial charge in [0.05, 0.1) is 6.61 Å². The van der Waals surface area contributed by atoms with Gasteiger partial charge in [-0.25, -0.2) is 4.79 Å². The van der Waals surface area contributed by atoms with Crippen molar-refractivity contribution in [2.24, 2.45) is 5.92 Å². The highest BCUT2D eigenvalue weighted by Crippen LogP contribution is 2.21. The lowest BCUT2D eigenvalue weighted by atomic mass is 9.98. The maximum Gasteiger partial charge on any atom is 0.410 e. The van der Waals surface area contributed by atoms with Gasteiger partial charge in [0.2, 0.25) is 0 Å². The molecule has 0 spiro atoms. The Morgan fingerprint density at radius 3 is 2.61 bits per heavy atom. The van der Waals surface area contributed by atoms with Crippen LogP contribution in [0.15, 0.2) is 24.3 Å². The van der Waals surface area contributed by atoms with Crippen LogP contribution >= 0.6 is 0 Å². The van der Waals surface area contributed by atoms with Crippen LogP contribution < -0.4 is 4.74 Å². The zero-order valence-electron chi connectivity index (χ0n) is 14.1. The van der Waals surface area contributed by atoms with E-state index in [0.717, 1.165) is 19.1 Å². The van der Waals surface area contributed by atoms with Gasteiger partial charge in [-0.1, -0.05) is 12.1 Å². The number of hydrogen-bond donors (Lipinski definition) is 0. The number of carbonyl (C=O) groups excluding carboxylic acids is 2. The highest BCUT2D eigenvalue weighted by Gasteiger charge is 2.27. The molecule has 0 aromatic heterocycles. The van der Waals surface area contributed by atoms with E-state index in [-0.39, 0.29) is 6.09 Å². The number of hydrogen-bond acceptors (Lipinski definition) is 4. The molecule has 0 saturated carbocycles. The molecule has 0 radical (unpaired) electrons. The van der Waals surface area contributed by atoms with E-state index in [2.05, 4.69) is 0 Å². The molecule has 0 aliphatic carbocycles. The van der Waals surface area contributed by atoms with Crippen LogP contribution in [0.25, 0.3) is 0 Å². The second-order valence-corrected chi connectivity index (χ2v) is 6.91. The lowest BCUT2D eigenvalue weighted by Gasteiger charge is -2.33. The largest absolute Gasteiger partial charge is 0.493 e. The minimum atomic E-state index is -0.458. The summed E-state index contributed by atoms with van der Waals surface area (Å²) in [6.45, 7) is 7.61. The van der Waals surface area contributed by atoms with Crippen LogP contribution in [0.5, 0.6) is 5.75 Å². The summed E-state index contributed by atoms with van der Waals surface area (Å²) in [6.07, 6.45) is 2.36. The van der Waals surface area contributed by atoms with E-state index in [4.69, 9.17) is 9.47 Å². The van der Waals surface area contributed by atoms with Crippen molar-refractivity contribution in [2.75, 3.05) is 19.7 Å². The standard InChI is InChI=1S/C18H25NO4/c1-18(2,3)23-17(21)19-9-7-14(8-10-19)13-22-16-6-4-5-15(11-16)12-20/h4-6,11-12,14H,7-10,13H2,1-3H3. The van der Waals surface area contributed by atoms with Gasteiger partial charge in [0.15, 0.2) is 0 Å². The van der Waals surface area contributed by atoms with Gasteiger partial charge in [0.1, 0.15) is 17.6 Å². The van der Waals surface area contributed by atoms with Crippen molar-refractivity contribution in [1.82, 2.24) is 4.90 Å². The zero-order chi connectivity index (χ0) is 16.9. The third kappa shape index (κ3) is 5.58. The first kappa shape index (κ1) is 17.3.